The van der Waals surface area contributed by atoms with Gasteiger partial charge in [-0.05, 0) is 45.8 Å². The summed E-state index contributed by atoms with van der Waals surface area (Å²) in [5, 5.41) is 0. The van der Waals surface area contributed by atoms with Gasteiger partial charge in [0.2, 0.25) is 0 Å². The highest BCUT2D eigenvalue weighted by atomic mass is 16.5. The average Bonchev–Trinajstić information content (AvgIpc) is 2.13. The lowest BCUT2D eigenvalue weighted by Crippen LogP contribution is -2.05. The molecule has 0 aromatic rings. The van der Waals surface area contributed by atoms with Crippen LogP contribution in [0.2, 0.25) is 0 Å². The molecular formula is C12H21NO. The first-order valence-electron chi connectivity index (χ1n) is 4.87. The Kier molecular flexibility index (Phi) is 5.21. The molecule has 0 saturated heterocycles. The lowest BCUT2D eigenvalue weighted by Gasteiger charge is -2.15. The summed E-state index contributed by atoms with van der Waals surface area (Å²) in [6.07, 6.45) is 0.170. The van der Waals surface area contributed by atoms with Crippen molar-refractivity contribution in [2.45, 2.75) is 40.7 Å². The summed E-state index contributed by atoms with van der Waals surface area (Å²) in [7, 11) is 1.79. The van der Waals surface area contributed by atoms with E-state index in [-0.39, 0.29) is 6.10 Å². The molecule has 0 aliphatic rings. The van der Waals surface area contributed by atoms with Gasteiger partial charge in [-0.15, -0.1) is 0 Å². The summed E-state index contributed by atoms with van der Waals surface area (Å²) < 4.78 is 5.52. The van der Waals surface area contributed by atoms with Crippen molar-refractivity contribution in [3.63, 3.8) is 0 Å². The highest BCUT2D eigenvalue weighted by Gasteiger charge is 2.06. The maximum atomic E-state index is 5.52. The van der Waals surface area contributed by atoms with Crippen LogP contribution in [0, 0.1) is 0 Å². The van der Waals surface area contributed by atoms with E-state index in [9.17, 15) is 0 Å². The molecule has 2 heteroatoms. The van der Waals surface area contributed by atoms with E-state index in [1.54, 1.807) is 7.05 Å². The quantitative estimate of drug-likeness (QED) is 0.383. The van der Waals surface area contributed by atoms with E-state index in [4.69, 9.17) is 4.74 Å². The molecule has 0 bridgehead atoms. The summed E-state index contributed by atoms with van der Waals surface area (Å²) in [4.78, 5) is 4.13. The van der Waals surface area contributed by atoms with E-state index in [1.807, 2.05) is 34.6 Å². The first-order chi connectivity index (χ1) is 6.40. The molecule has 0 saturated carbocycles. The van der Waals surface area contributed by atoms with E-state index in [2.05, 4.69) is 11.6 Å². The molecule has 80 valence electrons. The van der Waals surface area contributed by atoms with Gasteiger partial charge in [0, 0.05) is 12.8 Å². The van der Waals surface area contributed by atoms with Gasteiger partial charge in [-0.25, -0.2) is 0 Å². The zero-order valence-electron chi connectivity index (χ0n) is 10.1. The first kappa shape index (κ1) is 12.9. The van der Waals surface area contributed by atoms with Crippen molar-refractivity contribution in [1.29, 1.82) is 0 Å². The van der Waals surface area contributed by atoms with Gasteiger partial charge in [0.1, 0.15) is 5.76 Å². The number of hydrogen-bond donors (Lipinski definition) is 0. The monoisotopic (exact) mass is 195 g/mol. The zero-order valence-corrected chi connectivity index (χ0v) is 10.1. The van der Waals surface area contributed by atoms with Crippen molar-refractivity contribution >= 4 is 5.71 Å². The molecule has 0 N–H and O–H groups in total. The van der Waals surface area contributed by atoms with E-state index in [1.165, 1.54) is 0 Å². The molecule has 0 fully saturated rings. The van der Waals surface area contributed by atoms with Crippen LogP contribution in [-0.2, 0) is 4.74 Å². The second-order valence-electron chi connectivity index (χ2n) is 3.65. The van der Waals surface area contributed by atoms with Crippen LogP contribution in [0.15, 0.2) is 28.5 Å². The van der Waals surface area contributed by atoms with E-state index in [0.29, 0.717) is 0 Å². The largest absolute Gasteiger partial charge is 0.491 e. The molecule has 0 radical (unpaired) electrons. The molecule has 14 heavy (non-hydrogen) atoms. The standard InChI is InChI=1S/C12H21NO/c1-8(2)14-12(6)10(4)9(3)11(5)13-7/h8H,6H2,1-5,7H3/b10-9-,13-11?. The average molecular weight is 195 g/mol. The third-order valence-electron chi connectivity index (χ3n) is 2.24. The van der Waals surface area contributed by atoms with Gasteiger partial charge in [-0.1, -0.05) is 6.58 Å². The fourth-order valence-corrected chi connectivity index (χ4v) is 1.02. The second-order valence-corrected chi connectivity index (χ2v) is 3.65. The summed E-state index contributed by atoms with van der Waals surface area (Å²) >= 11 is 0. The van der Waals surface area contributed by atoms with Gasteiger partial charge in [0.15, 0.2) is 0 Å². The lowest BCUT2D eigenvalue weighted by molar-refractivity contribution is 0.155. The van der Waals surface area contributed by atoms with Crippen molar-refractivity contribution in [2.75, 3.05) is 7.05 Å². The van der Waals surface area contributed by atoms with Crippen LogP contribution < -0.4 is 0 Å². The number of rotatable bonds is 4. The number of aliphatic imine (C=N–C) groups is 1. The first-order valence-corrected chi connectivity index (χ1v) is 4.87. The minimum atomic E-state index is 0.170. The summed E-state index contributed by atoms with van der Waals surface area (Å²) in [5.74, 6) is 0.737. The topological polar surface area (TPSA) is 21.6 Å². The Balaban J connectivity index is 4.74. The Bertz CT molecular complexity index is 272. The van der Waals surface area contributed by atoms with Crippen LogP contribution in [0.5, 0.6) is 0 Å². The molecular weight excluding hydrogens is 174 g/mol. The van der Waals surface area contributed by atoms with Crippen molar-refractivity contribution in [3.05, 3.63) is 23.5 Å². The minimum absolute atomic E-state index is 0.170. The Morgan fingerprint density at radius 3 is 2.00 bits per heavy atom. The van der Waals surface area contributed by atoms with Crippen LogP contribution >= 0.6 is 0 Å². The van der Waals surface area contributed by atoms with Crippen LogP contribution in [0.4, 0.5) is 0 Å². The predicted molar refractivity (Wildman–Crippen MR) is 62.8 cm³/mol. The molecule has 2 nitrogen and oxygen atoms in total. The molecule has 0 spiro atoms. The SMILES string of the molecule is C=C(OC(C)C)/C(C)=C(/C)C(C)=NC. The predicted octanol–water partition coefficient (Wildman–Crippen LogP) is 3.35. The van der Waals surface area contributed by atoms with Gasteiger partial charge in [-0.2, -0.15) is 0 Å². The molecule has 0 atom stereocenters. The smallest absolute Gasteiger partial charge is 0.115 e. The Morgan fingerprint density at radius 1 is 1.14 bits per heavy atom. The van der Waals surface area contributed by atoms with Crippen LogP contribution in [-0.4, -0.2) is 18.9 Å². The second kappa shape index (κ2) is 5.63. The molecule has 0 aromatic carbocycles. The number of nitrogens with zero attached hydrogens (tertiary/aromatic N) is 1. The summed E-state index contributed by atoms with van der Waals surface area (Å²) in [6.45, 7) is 13.9. The molecule has 0 aromatic heterocycles. The number of ether oxygens (including phenoxy) is 1. The van der Waals surface area contributed by atoms with Crippen molar-refractivity contribution < 1.29 is 4.74 Å². The maximum Gasteiger partial charge on any atom is 0.115 e. The maximum absolute atomic E-state index is 5.52. The zero-order chi connectivity index (χ0) is 11.3. The number of allylic oxidation sites excluding steroid dienone is 2. The molecule has 0 aliphatic heterocycles. The summed E-state index contributed by atoms with van der Waals surface area (Å²) in [5.41, 5.74) is 3.23. The number of hydrogen-bond acceptors (Lipinski definition) is 2. The molecule has 0 aliphatic carbocycles. The third kappa shape index (κ3) is 3.77. The normalized spacial score (nSPS) is 14.1. The lowest BCUT2D eigenvalue weighted by atomic mass is 10.1. The van der Waals surface area contributed by atoms with E-state index >= 15 is 0 Å². The van der Waals surface area contributed by atoms with Gasteiger partial charge in [0.05, 0.1) is 6.10 Å². The molecule has 0 rings (SSSR count). The molecule has 0 unspecified atom stereocenters. The molecule has 0 amide bonds. The highest BCUT2D eigenvalue weighted by Crippen LogP contribution is 2.16. The Hall–Kier alpha value is -1.05. The van der Waals surface area contributed by atoms with Gasteiger partial charge < -0.3 is 4.74 Å². The molecule has 0 heterocycles. The Morgan fingerprint density at radius 2 is 1.64 bits per heavy atom. The van der Waals surface area contributed by atoms with Crippen molar-refractivity contribution in [3.8, 4) is 0 Å². The third-order valence-corrected chi connectivity index (χ3v) is 2.24. The van der Waals surface area contributed by atoms with E-state index in [0.717, 1.165) is 22.6 Å². The van der Waals surface area contributed by atoms with Crippen molar-refractivity contribution in [2.24, 2.45) is 4.99 Å². The minimum Gasteiger partial charge on any atom is -0.491 e. The van der Waals surface area contributed by atoms with Crippen LogP contribution in [0.25, 0.3) is 0 Å². The highest BCUT2D eigenvalue weighted by molar-refractivity contribution is 5.98. The van der Waals surface area contributed by atoms with Crippen LogP contribution in [0.3, 0.4) is 0 Å². The summed E-state index contributed by atoms with van der Waals surface area (Å²) in [6, 6.07) is 0. The van der Waals surface area contributed by atoms with Gasteiger partial charge >= 0.3 is 0 Å². The van der Waals surface area contributed by atoms with Crippen LogP contribution in [0.1, 0.15) is 34.6 Å². The van der Waals surface area contributed by atoms with E-state index < -0.39 is 0 Å². The fraction of sp³-hybridized carbons (Fsp3) is 0.583. The Labute approximate surface area is 87.4 Å². The van der Waals surface area contributed by atoms with Gasteiger partial charge in [-0.3, -0.25) is 4.99 Å². The van der Waals surface area contributed by atoms with Crippen molar-refractivity contribution in [1.82, 2.24) is 0 Å². The fourth-order valence-electron chi connectivity index (χ4n) is 1.02. The van der Waals surface area contributed by atoms with Gasteiger partial charge in [0.25, 0.3) is 0 Å².